The van der Waals surface area contributed by atoms with Crippen LogP contribution >= 0.6 is 22.7 Å². The number of hydrogen-bond acceptors (Lipinski definition) is 4. The van der Waals surface area contributed by atoms with E-state index in [1.165, 1.54) is 53.1 Å². The molecule has 6 aromatic carbocycles. The molecule has 0 unspecified atom stereocenters. The molecule has 1 aliphatic rings. The zero-order chi connectivity index (χ0) is 35.1. The fourth-order valence-corrected chi connectivity index (χ4v) is 10.7. The number of fused-ring (bicyclic) bond motifs is 2. The molecule has 0 amide bonds. The number of benzene rings is 6. The fraction of sp³-hybridized carbons (Fsp3) is 0.0625. The van der Waals surface area contributed by atoms with Crippen molar-refractivity contribution in [2.75, 3.05) is 9.80 Å². The van der Waals surface area contributed by atoms with Gasteiger partial charge in [-0.25, -0.2) is 0 Å². The summed E-state index contributed by atoms with van der Waals surface area (Å²) in [6, 6.07) is 65.1. The Balaban J connectivity index is 1.32. The molecule has 0 aliphatic heterocycles. The highest BCUT2D eigenvalue weighted by molar-refractivity contribution is 7.19. The third-order valence-corrected chi connectivity index (χ3v) is 12.2. The van der Waals surface area contributed by atoms with E-state index >= 15 is 0 Å². The van der Waals surface area contributed by atoms with Crippen molar-refractivity contribution in [2.24, 2.45) is 0 Å². The maximum atomic E-state index is 2.47. The van der Waals surface area contributed by atoms with Crippen LogP contribution in [0.3, 0.4) is 0 Å². The van der Waals surface area contributed by atoms with E-state index in [1.54, 1.807) is 0 Å². The Kier molecular flexibility index (Phi) is 8.27. The van der Waals surface area contributed by atoms with Crippen LogP contribution in [0.1, 0.15) is 34.7 Å². The molecule has 0 saturated heterocycles. The van der Waals surface area contributed by atoms with E-state index in [2.05, 4.69) is 212 Å². The van der Waals surface area contributed by atoms with Gasteiger partial charge in [-0.15, -0.1) is 0 Å². The van der Waals surface area contributed by atoms with Crippen molar-refractivity contribution in [2.45, 2.75) is 19.3 Å². The highest BCUT2D eigenvalue weighted by atomic mass is 32.1. The van der Waals surface area contributed by atoms with E-state index in [0.717, 1.165) is 22.7 Å². The summed E-state index contributed by atoms with van der Waals surface area (Å²) in [6.45, 7) is 4.88. The first kappa shape index (κ1) is 32.1. The number of rotatable bonds is 8. The summed E-state index contributed by atoms with van der Waals surface area (Å²) in [5.74, 6) is 0. The zero-order valence-corrected chi connectivity index (χ0v) is 30.7. The number of hydrogen-bond donors (Lipinski definition) is 0. The van der Waals surface area contributed by atoms with Gasteiger partial charge in [0.1, 0.15) is 25.2 Å². The van der Waals surface area contributed by atoms with Gasteiger partial charge in [-0.2, -0.15) is 0 Å². The lowest BCUT2D eigenvalue weighted by molar-refractivity contribution is 0.636. The molecule has 0 saturated carbocycles. The predicted molar refractivity (Wildman–Crippen MR) is 224 cm³/mol. The van der Waals surface area contributed by atoms with Crippen molar-refractivity contribution >= 4 is 55.4 Å². The van der Waals surface area contributed by atoms with Gasteiger partial charge in [0.25, 0.3) is 0 Å². The summed E-state index contributed by atoms with van der Waals surface area (Å²) in [6.07, 6.45) is 2.47. The van der Waals surface area contributed by atoms with Crippen molar-refractivity contribution < 1.29 is 0 Å². The van der Waals surface area contributed by atoms with E-state index in [1.807, 2.05) is 22.7 Å². The zero-order valence-electron chi connectivity index (χ0n) is 29.1. The number of anilines is 6. The Bertz CT molecular complexity index is 2180. The summed E-state index contributed by atoms with van der Waals surface area (Å²) in [4.78, 5) is 7.50. The highest BCUT2D eigenvalue weighted by Crippen LogP contribution is 2.61. The Hall–Kier alpha value is -5.81. The normalized spacial score (nSPS) is 12.7. The first-order valence-corrected chi connectivity index (χ1v) is 19.3. The average molecular weight is 706 g/mol. The van der Waals surface area contributed by atoms with Crippen LogP contribution in [0.4, 0.5) is 32.8 Å². The largest absolute Gasteiger partial charge is 0.300 e. The molecule has 0 atom stereocenters. The molecule has 0 bridgehead atoms. The molecule has 250 valence electrons. The lowest BCUT2D eigenvalue weighted by atomic mass is 9.69. The van der Waals surface area contributed by atoms with Gasteiger partial charge >= 0.3 is 0 Å². The molecule has 52 heavy (non-hydrogen) atoms. The minimum atomic E-state index is -0.336. The lowest BCUT2D eigenvalue weighted by Crippen LogP contribution is -2.25. The minimum absolute atomic E-state index is 0.336. The molecule has 0 fully saturated rings. The van der Waals surface area contributed by atoms with Crippen molar-refractivity contribution in [1.82, 2.24) is 0 Å². The van der Waals surface area contributed by atoms with Gasteiger partial charge in [-0.3, -0.25) is 0 Å². The minimum Gasteiger partial charge on any atom is -0.300 e. The Labute approximate surface area is 314 Å². The summed E-state index contributed by atoms with van der Waals surface area (Å²) in [7, 11) is 0. The molecule has 4 heteroatoms. The molecule has 0 N–H and O–H groups in total. The van der Waals surface area contributed by atoms with Crippen molar-refractivity contribution in [3.8, 4) is 22.3 Å². The third kappa shape index (κ3) is 5.52. The number of thiophene rings is 2. The van der Waals surface area contributed by atoms with E-state index in [9.17, 15) is 0 Å². The van der Waals surface area contributed by atoms with Gasteiger partial charge in [0.05, 0.1) is 28.7 Å². The van der Waals surface area contributed by atoms with Crippen LogP contribution in [0, 0.1) is 6.42 Å². The fourth-order valence-electron chi connectivity index (χ4n) is 7.70. The topological polar surface area (TPSA) is 6.48 Å². The van der Waals surface area contributed by atoms with E-state index in [-0.39, 0.29) is 5.41 Å². The standard InChI is InChI=1S/C48H37N2S2/c1-48(2)44-40(51-46(42(44)34-21-9-3-10-22-34)49(36-25-13-5-14-26-36)37-27-15-6-16-28-37)33-41-45(48)43(35-23-11-4-12-24-35)47(52-41)50(38-29-17-7-18-30-38)39-31-19-8-20-32-39/h3-33H,1-2H3/q+1. The predicted octanol–water partition coefficient (Wildman–Crippen LogP) is 14.3. The van der Waals surface area contributed by atoms with Crippen LogP contribution in [0.5, 0.6) is 0 Å². The molecule has 2 nitrogen and oxygen atoms in total. The van der Waals surface area contributed by atoms with Gasteiger partial charge in [-0.1, -0.05) is 156 Å². The second-order valence-corrected chi connectivity index (χ2v) is 15.6. The van der Waals surface area contributed by atoms with Crippen LogP contribution in [-0.2, 0) is 5.41 Å². The molecule has 0 spiro atoms. The Morgan fingerprint density at radius 2 is 0.654 bits per heavy atom. The first-order valence-electron chi connectivity index (χ1n) is 17.7. The van der Waals surface area contributed by atoms with Gasteiger partial charge in [-0.05, 0) is 73.5 Å². The van der Waals surface area contributed by atoms with Crippen molar-refractivity contribution in [3.05, 3.63) is 209 Å². The molecule has 0 radical (unpaired) electrons. The molecule has 9 rings (SSSR count). The first-order chi connectivity index (χ1) is 25.6. The average Bonchev–Trinajstić information content (AvgIpc) is 3.78. The van der Waals surface area contributed by atoms with Crippen LogP contribution in [0.2, 0.25) is 0 Å². The monoisotopic (exact) mass is 705 g/mol. The van der Waals surface area contributed by atoms with E-state index in [4.69, 9.17) is 0 Å². The van der Waals surface area contributed by atoms with Crippen LogP contribution < -0.4 is 9.80 Å². The number of para-hydroxylation sites is 4. The second kappa shape index (κ2) is 13.4. The third-order valence-electron chi connectivity index (χ3n) is 9.93. The van der Waals surface area contributed by atoms with E-state index < -0.39 is 0 Å². The number of nitrogens with zero attached hydrogens (tertiary/aromatic N) is 2. The van der Waals surface area contributed by atoms with Crippen LogP contribution in [0.25, 0.3) is 22.3 Å². The van der Waals surface area contributed by atoms with Crippen LogP contribution in [-0.4, -0.2) is 0 Å². The van der Waals surface area contributed by atoms with Crippen molar-refractivity contribution in [1.29, 1.82) is 0 Å². The summed E-state index contributed by atoms with van der Waals surface area (Å²) < 4.78 is 0. The van der Waals surface area contributed by atoms with Crippen LogP contribution in [0.15, 0.2) is 182 Å². The molecular weight excluding hydrogens is 669 g/mol. The molecular formula is C48H37N2S2+. The quantitative estimate of drug-likeness (QED) is 0.145. The van der Waals surface area contributed by atoms with Gasteiger partial charge in [0.15, 0.2) is 0 Å². The van der Waals surface area contributed by atoms with Gasteiger partial charge in [0.2, 0.25) is 0 Å². The summed E-state index contributed by atoms with van der Waals surface area (Å²) in [5.41, 5.74) is 12.0. The Morgan fingerprint density at radius 1 is 0.385 bits per heavy atom. The molecule has 2 heterocycles. The summed E-state index contributed by atoms with van der Waals surface area (Å²) in [5, 5.41) is 2.45. The molecule has 1 aliphatic carbocycles. The molecule has 2 aromatic heterocycles. The lowest BCUT2D eigenvalue weighted by Gasteiger charge is -2.28. The second-order valence-electron chi connectivity index (χ2n) is 13.6. The van der Waals surface area contributed by atoms with E-state index in [0.29, 0.717) is 0 Å². The molecule has 8 aromatic rings. The highest BCUT2D eigenvalue weighted by Gasteiger charge is 2.50. The SMILES string of the molecule is CC1(C)c2c(sc(N(c3ccccc3)c3ccccc3)c2-c2ccccc2)[CH+]c2sc(N(c3ccccc3)c3ccccc3)c(-c3ccccc3)c21. The van der Waals surface area contributed by atoms with Gasteiger partial charge in [0, 0.05) is 22.7 Å². The maximum Gasteiger partial charge on any atom is 0.145 e. The summed E-state index contributed by atoms with van der Waals surface area (Å²) >= 11 is 3.79. The Morgan fingerprint density at radius 3 is 0.942 bits per heavy atom. The smallest absolute Gasteiger partial charge is 0.145 e. The van der Waals surface area contributed by atoms with Crippen molar-refractivity contribution in [3.63, 3.8) is 0 Å². The maximum absolute atomic E-state index is 2.47. The van der Waals surface area contributed by atoms with Gasteiger partial charge < -0.3 is 9.80 Å².